The molecule has 0 aliphatic heterocycles. The molecule has 0 unspecified atom stereocenters. The molecule has 0 spiro atoms. The molecule has 2 rings (SSSR count). The van der Waals surface area contributed by atoms with Gasteiger partial charge >= 0.3 is 5.69 Å². The highest BCUT2D eigenvalue weighted by atomic mass is 16.1. The molecule has 2 aromatic rings. The van der Waals surface area contributed by atoms with Gasteiger partial charge in [-0.05, 0) is 12.1 Å². The quantitative estimate of drug-likeness (QED) is 0.610. The van der Waals surface area contributed by atoms with Gasteiger partial charge in [-0.3, -0.25) is 9.13 Å². The van der Waals surface area contributed by atoms with E-state index in [-0.39, 0.29) is 5.69 Å². The Morgan fingerprint density at radius 3 is 2.69 bits per heavy atom. The van der Waals surface area contributed by atoms with E-state index in [1.54, 1.807) is 30.8 Å². The monoisotopic (exact) mass is 178 g/mol. The number of rotatable bonds is 0. The predicted molar refractivity (Wildman–Crippen MR) is 50.4 cm³/mol. The van der Waals surface area contributed by atoms with Crippen molar-refractivity contribution in [3.05, 3.63) is 22.6 Å². The molecule has 2 N–H and O–H groups in total. The first-order valence-electron chi connectivity index (χ1n) is 3.89. The van der Waals surface area contributed by atoms with Gasteiger partial charge in [0.15, 0.2) is 5.65 Å². The summed E-state index contributed by atoms with van der Waals surface area (Å²) in [5.41, 5.74) is 6.84. The molecule has 0 saturated carbocycles. The van der Waals surface area contributed by atoms with Crippen LogP contribution in [0.3, 0.4) is 0 Å². The molecular formula is C8H10N4O. The van der Waals surface area contributed by atoms with E-state index >= 15 is 0 Å². The fraction of sp³-hybridized carbons (Fsp3) is 0.250. The zero-order valence-corrected chi connectivity index (χ0v) is 7.48. The summed E-state index contributed by atoms with van der Waals surface area (Å²) in [5, 5.41) is 0. The smallest absolute Gasteiger partial charge is 0.329 e. The van der Waals surface area contributed by atoms with Crippen LogP contribution in [0.5, 0.6) is 0 Å². The topological polar surface area (TPSA) is 65.8 Å². The molecule has 68 valence electrons. The molecule has 0 amide bonds. The zero-order valence-electron chi connectivity index (χ0n) is 7.48. The molecule has 2 aromatic heterocycles. The summed E-state index contributed by atoms with van der Waals surface area (Å²) in [6, 6.07) is 3.47. The number of aromatic nitrogens is 3. The number of pyridine rings is 1. The molecule has 0 radical (unpaired) electrons. The van der Waals surface area contributed by atoms with Gasteiger partial charge in [-0.2, -0.15) is 0 Å². The van der Waals surface area contributed by atoms with Gasteiger partial charge in [-0.1, -0.05) is 0 Å². The minimum absolute atomic E-state index is 0.0897. The molecule has 2 heterocycles. The molecule has 5 heteroatoms. The van der Waals surface area contributed by atoms with Gasteiger partial charge in [0, 0.05) is 14.1 Å². The number of fused-ring (bicyclic) bond motifs is 1. The van der Waals surface area contributed by atoms with E-state index < -0.39 is 0 Å². The Bertz CT molecular complexity index is 523. The summed E-state index contributed by atoms with van der Waals surface area (Å²) in [6.45, 7) is 0. The van der Waals surface area contributed by atoms with Gasteiger partial charge in [-0.25, -0.2) is 9.78 Å². The van der Waals surface area contributed by atoms with Gasteiger partial charge in [-0.15, -0.1) is 0 Å². The van der Waals surface area contributed by atoms with Gasteiger partial charge < -0.3 is 5.73 Å². The van der Waals surface area contributed by atoms with E-state index in [4.69, 9.17) is 5.73 Å². The lowest BCUT2D eigenvalue weighted by Crippen LogP contribution is -2.19. The lowest BCUT2D eigenvalue weighted by atomic mass is 10.4. The minimum Gasteiger partial charge on any atom is -0.384 e. The van der Waals surface area contributed by atoms with Crippen LogP contribution in [-0.2, 0) is 14.1 Å². The number of imidazole rings is 1. The third-order valence-electron chi connectivity index (χ3n) is 2.13. The third-order valence-corrected chi connectivity index (χ3v) is 2.13. The average molecular weight is 178 g/mol. The van der Waals surface area contributed by atoms with Gasteiger partial charge in [0.2, 0.25) is 0 Å². The fourth-order valence-electron chi connectivity index (χ4n) is 1.38. The zero-order chi connectivity index (χ0) is 9.59. The van der Waals surface area contributed by atoms with Crippen LogP contribution in [0.25, 0.3) is 11.2 Å². The Kier molecular flexibility index (Phi) is 1.42. The SMILES string of the molecule is Cn1c(=O)n(C)c2nc(N)ccc21. The van der Waals surface area contributed by atoms with Gasteiger partial charge in [0.25, 0.3) is 0 Å². The van der Waals surface area contributed by atoms with Crippen molar-refractivity contribution in [3.8, 4) is 0 Å². The first-order chi connectivity index (χ1) is 6.11. The Morgan fingerprint density at radius 1 is 1.31 bits per heavy atom. The summed E-state index contributed by atoms with van der Waals surface area (Å²) in [7, 11) is 3.39. The molecule has 13 heavy (non-hydrogen) atoms. The van der Waals surface area contributed by atoms with Crippen molar-refractivity contribution >= 4 is 17.0 Å². The van der Waals surface area contributed by atoms with Crippen LogP contribution in [0.4, 0.5) is 5.82 Å². The molecular weight excluding hydrogens is 168 g/mol. The van der Waals surface area contributed by atoms with Crippen LogP contribution in [-0.4, -0.2) is 14.1 Å². The first-order valence-corrected chi connectivity index (χ1v) is 3.89. The van der Waals surface area contributed by atoms with Crippen LogP contribution >= 0.6 is 0 Å². The molecule has 0 atom stereocenters. The number of anilines is 1. The summed E-state index contributed by atoms with van der Waals surface area (Å²) in [4.78, 5) is 15.5. The maximum atomic E-state index is 11.4. The van der Waals surface area contributed by atoms with Crippen LogP contribution < -0.4 is 11.4 Å². The number of hydrogen-bond acceptors (Lipinski definition) is 3. The second-order valence-electron chi connectivity index (χ2n) is 2.98. The molecule has 5 nitrogen and oxygen atoms in total. The number of hydrogen-bond donors (Lipinski definition) is 1. The third kappa shape index (κ3) is 0.932. The number of nitrogen functional groups attached to an aromatic ring is 1. The van der Waals surface area contributed by atoms with E-state index in [9.17, 15) is 4.79 Å². The largest absolute Gasteiger partial charge is 0.384 e. The summed E-state index contributed by atoms with van der Waals surface area (Å²) < 4.78 is 3.02. The number of nitrogens with zero attached hydrogens (tertiary/aromatic N) is 3. The second-order valence-corrected chi connectivity index (χ2v) is 2.98. The number of nitrogens with two attached hydrogens (primary N) is 1. The molecule has 0 bridgehead atoms. The van der Waals surface area contributed by atoms with Crippen molar-refractivity contribution < 1.29 is 0 Å². The molecule has 0 aromatic carbocycles. The van der Waals surface area contributed by atoms with E-state index in [0.29, 0.717) is 11.5 Å². The average Bonchev–Trinajstić information content (AvgIpc) is 2.32. The van der Waals surface area contributed by atoms with Crippen molar-refractivity contribution in [1.29, 1.82) is 0 Å². The summed E-state index contributed by atoms with van der Waals surface area (Å²) in [5.74, 6) is 0.425. The van der Waals surface area contributed by atoms with Crippen LogP contribution in [0, 0.1) is 0 Å². The standard InChI is InChI=1S/C8H10N4O/c1-11-5-3-4-6(9)10-7(5)12(2)8(11)13/h3-4H,1-2H3,(H2,9,10). The van der Waals surface area contributed by atoms with Gasteiger partial charge in [0.1, 0.15) is 5.82 Å². The lowest BCUT2D eigenvalue weighted by molar-refractivity contribution is 0.791. The van der Waals surface area contributed by atoms with Crippen molar-refractivity contribution in [2.45, 2.75) is 0 Å². The fourth-order valence-corrected chi connectivity index (χ4v) is 1.38. The Balaban J connectivity index is 3.04. The predicted octanol–water partition coefficient (Wildman–Crippen LogP) is -0.146. The first kappa shape index (κ1) is 7.85. The van der Waals surface area contributed by atoms with Crippen LogP contribution in [0.15, 0.2) is 16.9 Å². The Morgan fingerprint density at radius 2 is 2.00 bits per heavy atom. The van der Waals surface area contributed by atoms with Crippen molar-refractivity contribution in [3.63, 3.8) is 0 Å². The van der Waals surface area contributed by atoms with Crippen molar-refractivity contribution in [2.75, 3.05) is 5.73 Å². The lowest BCUT2D eigenvalue weighted by Gasteiger charge is -1.94. The highest BCUT2D eigenvalue weighted by Crippen LogP contribution is 2.09. The molecule has 0 aliphatic carbocycles. The van der Waals surface area contributed by atoms with E-state index in [1.165, 1.54) is 4.57 Å². The molecule has 0 fully saturated rings. The van der Waals surface area contributed by atoms with Crippen LogP contribution in [0.2, 0.25) is 0 Å². The summed E-state index contributed by atoms with van der Waals surface area (Å²) >= 11 is 0. The Hall–Kier alpha value is -1.78. The normalized spacial score (nSPS) is 10.9. The van der Waals surface area contributed by atoms with E-state index in [2.05, 4.69) is 4.98 Å². The van der Waals surface area contributed by atoms with Crippen molar-refractivity contribution in [2.24, 2.45) is 14.1 Å². The van der Waals surface area contributed by atoms with E-state index in [1.807, 2.05) is 0 Å². The number of aryl methyl sites for hydroxylation is 2. The highest BCUT2D eigenvalue weighted by Gasteiger charge is 2.07. The highest BCUT2D eigenvalue weighted by molar-refractivity contribution is 5.73. The van der Waals surface area contributed by atoms with Gasteiger partial charge in [0.05, 0.1) is 5.52 Å². The minimum atomic E-state index is -0.0897. The van der Waals surface area contributed by atoms with Crippen molar-refractivity contribution in [1.82, 2.24) is 14.1 Å². The summed E-state index contributed by atoms with van der Waals surface area (Å²) in [6.07, 6.45) is 0. The second kappa shape index (κ2) is 2.35. The molecule has 0 saturated heterocycles. The maximum Gasteiger partial charge on any atom is 0.329 e. The van der Waals surface area contributed by atoms with E-state index in [0.717, 1.165) is 5.52 Å². The Labute approximate surface area is 74.4 Å². The van der Waals surface area contributed by atoms with Crippen LogP contribution in [0.1, 0.15) is 0 Å². The maximum absolute atomic E-state index is 11.4. The molecule has 0 aliphatic rings.